The molecule has 0 radical (unpaired) electrons. The molecule has 0 spiro atoms. The lowest BCUT2D eigenvalue weighted by Gasteiger charge is -2.06. The van der Waals surface area contributed by atoms with Gasteiger partial charge in [0.15, 0.2) is 5.16 Å². The molecule has 0 amide bonds. The van der Waals surface area contributed by atoms with Crippen LogP contribution in [-0.2, 0) is 12.6 Å². The number of rotatable bonds is 6. The Morgan fingerprint density at radius 2 is 2.08 bits per heavy atom. The molecule has 24 heavy (non-hydrogen) atoms. The van der Waals surface area contributed by atoms with Crippen LogP contribution in [0.3, 0.4) is 0 Å². The normalized spacial score (nSPS) is 11.8. The van der Waals surface area contributed by atoms with Gasteiger partial charge in [0.1, 0.15) is 5.69 Å². The van der Waals surface area contributed by atoms with Gasteiger partial charge in [-0.3, -0.25) is 0 Å². The van der Waals surface area contributed by atoms with Crippen molar-refractivity contribution in [1.82, 2.24) is 20.1 Å². The minimum absolute atomic E-state index is 0.106. The predicted octanol–water partition coefficient (Wildman–Crippen LogP) is 4.33. The molecule has 126 valence electrons. The van der Waals surface area contributed by atoms with Gasteiger partial charge in [0.25, 0.3) is 0 Å². The number of alkyl halides is 3. The van der Waals surface area contributed by atoms with Crippen LogP contribution in [0.1, 0.15) is 18.0 Å². The van der Waals surface area contributed by atoms with Crippen LogP contribution in [0.4, 0.5) is 13.2 Å². The first-order chi connectivity index (χ1) is 11.5. The zero-order chi connectivity index (χ0) is 17.0. The van der Waals surface area contributed by atoms with Crippen molar-refractivity contribution >= 4 is 23.1 Å². The largest absolute Gasteiger partial charge is 0.433 e. The second-order valence-corrected chi connectivity index (χ2v) is 6.67. The quantitative estimate of drug-likeness (QED) is 0.364. The Morgan fingerprint density at radius 1 is 1.21 bits per heavy atom. The predicted molar refractivity (Wildman–Crippen MR) is 83.7 cm³/mol. The van der Waals surface area contributed by atoms with Crippen molar-refractivity contribution in [1.29, 1.82) is 0 Å². The maximum atomic E-state index is 12.6. The van der Waals surface area contributed by atoms with Crippen LogP contribution in [-0.4, -0.2) is 25.9 Å². The first kappa shape index (κ1) is 16.9. The lowest BCUT2D eigenvalue weighted by Crippen LogP contribution is -2.08. The summed E-state index contributed by atoms with van der Waals surface area (Å²) in [7, 11) is 0. The Labute approximate surface area is 143 Å². The number of nitrogens with zero attached hydrogens (tertiary/aromatic N) is 4. The van der Waals surface area contributed by atoms with Crippen molar-refractivity contribution in [2.24, 2.45) is 0 Å². The zero-order valence-electron chi connectivity index (χ0n) is 12.2. The molecule has 5 nitrogen and oxygen atoms in total. The summed E-state index contributed by atoms with van der Waals surface area (Å²) in [6, 6.07) is 4.66. The maximum Gasteiger partial charge on any atom is 0.433 e. The standard InChI is InChI=1S/C14H11F3N4OS2/c15-14(16,17)10-5-6-18-13(19-10)24-8-2-4-11-20-12(21-22-11)9-3-1-7-23-9/h1,3,5-7H,2,4,8H2. The summed E-state index contributed by atoms with van der Waals surface area (Å²) in [5, 5.41) is 5.94. The van der Waals surface area contributed by atoms with Crippen molar-refractivity contribution in [3.8, 4) is 10.7 Å². The molecule has 10 heteroatoms. The fraction of sp³-hybridized carbons (Fsp3) is 0.286. The monoisotopic (exact) mass is 372 g/mol. The summed E-state index contributed by atoms with van der Waals surface area (Å²) in [5.74, 6) is 1.61. The van der Waals surface area contributed by atoms with Crippen LogP contribution in [0, 0.1) is 0 Å². The van der Waals surface area contributed by atoms with Gasteiger partial charge in [-0.15, -0.1) is 11.3 Å². The van der Waals surface area contributed by atoms with E-state index in [0.29, 0.717) is 30.3 Å². The summed E-state index contributed by atoms with van der Waals surface area (Å²) in [4.78, 5) is 12.6. The van der Waals surface area contributed by atoms with Gasteiger partial charge in [-0.05, 0) is 23.9 Å². The topological polar surface area (TPSA) is 64.7 Å². The van der Waals surface area contributed by atoms with Crippen LogP contribution in [0.5, 0.6) is 0 Å². The molecule has 0 N–H and O–H groups in total. The van der Waals surface area contributed by atoms with Crippen LogP contribution in [0.2, 0.25) is 0 Å². The van der Waals surface area contributed by atoms with E-state index in [4.69, 9.17) is 4.52 Å². The van der Waals surface area contributed by atoms with Crippen molar-refractivity contribution in [3.63, 3.8) is 0 Å². The molecule has 0 aliphatic carbocycles. The van der Waals surface area contributed by atoms with E-state index in [1.807, 2.05) is 17.5 Å². The highest BCUT2D eigenvalue weighted by atomic mass is 32.2. The minimum Gasteiger partial charge on any atom is -0.339 e. The van der Waals surface area contributed by atoms with Crippen LogP contribution in [0.15, 0.2) is 39.5 Å². The van der Waals surface area contributed by atoms with Gasteiger partial charge in [0.2, 0.25) is 11.7 Å². The molecule has 0 saturated carbocycles. The fourth-order valence-corrected chi connectivity index (χ4v) is 3.24. The molecule has 0 aromatic carbocycles. The van der Waals surface area contributed by atoms with Gasteiger partial charge in [0, 0.05) is 18.4 Å². The molecule has 0 saturated heterocycles. The number of thiophene rings is 1. The van der Waals surface area contributed by atoms with Crippen molar-refractivity contribution in [3.05, 3.63) is 41.4 Å². The van der Waals surface area contributed by atoms with Crippen LogP contribution >= 0.6 is 23.1 Å². The summed E-state index contributed by atoms with van der Waals surface area (Å²) in [6.45, 7) is 0. The van der Waals surface area contributed by atoms with E-state index >= 15 is 0 Å². The molecule has 0 aliphatic rings. The second-order valence-electron chi connectivity index (χ2n) is 4.66. The van der Waals surface area contributed by atoms with Gasteiger partial charge < -0.3 is 4.52 Å². The lowest BCUT2D eigenvalue weighted by atomic mass is 10.3. The lowest BCUT2D eigenvalue weighted by molar-refractivity contribution is -0.141. The molecular formula is C14H11F3N4OS2. The first-order valence-corrected chi connectivity index (χ1v) is 8.78. The number of hydrogen-bond acceptors (Lipinski definition) is 7. The van der Waals surface area contributed by atoms with Crippen molar-refractivity contribution in [2.75, 3.05) is 5.75 Å². The SMILES string of the molecule is FC(F)(F)c1ccnc(SCCCc2nc(-c3cccs3)no2)n1. The fourth-order valence-electron chi connectivity index (χ4n) is 1.82. The van der Waals surface area contributed by atoms with Crippen molar-refractivity contribution < 1.29 is 17.7 Å². The molecule has 0 fully saturated rings. The average Bonchev–Trinajstić information content (AvgIpc) is 3.22. The van der Waals surface area contributed by atoms with Crippen molar-refractivity contribution in [2.45, 2.75) is 24.2 Å². The molecule has 3 heterocycles. The van der Waals surface area contributed by atoms with E-state index in [0.717, 1.165) is 28.9 Å². The second kappa shape index (κ2) is 7.31. The number of thioether (sulfide) groups is 1. The molecule has 3 aromatic heterocycles. The third kappa shape index (κ3) is 4.32. The number of halogens is 3. The molecule has 0 aliphatic heterocycles. The van der Waals surface area contributed by atoms with E-state index in [9.17, 15) is 13.2 Å². The molecule has 3 rings (SSSR count). The molecule has 0 atom stereocenters. The van der Waals surface area contributed by atoms with Crippen LogP contribution < -0.4 is 0 Å². The van der Waals surface area contributed by atoms with Gasteiger partial charge in [0.05, 0.1) is 4.88 Å². The van der Waals surface area contributed by atoms with Gasteiger partial charge >= 0.3 is 6.18 Å². The van der Waals surface area contributed by atoms with Gasteiger partial charge in [-0.1, -0.05) is 23.0 Å². The third-order valence-electron chi connectivity index (χ3n) is 2.90. The number of aryl methyl sites for hydroxylation is 1. The molecular weight excluding hydrogens is 361 g/mol. The highest BCUT2D eigenvalue weighted by molar-refractivity contribution is 7.99. The Kier molecular flexibility index (Phi) is 5.14. The average molecular weight is 372 g/mol. The Morgan fingerprint density at radius 3 is 2.83 bits per heavy atom. The number of aromatic nitrogens is 4. The summed E-state index contributed by atoms with van der Waals surface area (Å²) >= 11 is 2.69. The minimum atomic E-state index is -4.46. The summed E-state index contributed by atoms with van der Waals surface area (Å²) < 4.78 is 42.9. The summed E-state index contributed by atoms with van der Waals surface area (Å²) in [5.41, 5.74) is -0.933. The van der Waals surface area contributed by atoms with Crippen LogP contribution in [0.25, 0.3) is 10.7 Å². The number of hydrogen-bond donors (Lipinski definition) is 0. The highest BCUT2D eigenvalue weighted by Gasteiger charge is 2.32. The Balaban J connectivity index is 1.49. The maximum absolute atomic E-state index is 12.6. The molecule has 0 unspecified atom stereocenters. The molecule has 3 aromatic rings. The Hall–Kier alpha value is -1.94. The third-order valence-corrected chi connectivity index (χ3v) is 4.71. The smallest absolute Gasteiger partial charge is 0.339 e. The van der Waals surface area contributed by atoms with E-state index < -0.39 is 11.9 Å². The first-order valence-electron chi connectivity index (χ1n) is 6.92. The zero-order valence-corrected chi connectivity index (χ0v) is 13.8. The van der Waals surface area contributed by atoms with Gasteiger partial charge in [-0.2, -0.15) is 18.2 Å². The highest BCUT2D eigenvalue weighted by Crippen LogP contribution is 2.28. The molecule has 0 bridgehead atoms. The Bertz CT molecular complexity index is 789. The van der Waals surface area contributed by atoms with E-state index in [-0.39, 0.29) is 5.16 Å². The van der Waals surface area contributed by atoms with E-state index in [1.54, 1.807) is 0 Å². The van der Waals surface area contributed by atoms with Gasteiger partial charge in [-0.25, -0.2) is 9.97 Å². The van der Waals surface area contributed by atoms with E-state index in [2.05, 4.69) is 20.1 Å². The van der Waals surface area contributed by atoms with E-state index in [1.165, 1.54) is 11.3 Å². The summed E-state index contributed by atoms with van der Waals surface area (Å²) in [6.07, 6.45) is -2.13.